The number of para-hydroxylation sites is 2. The number of benzene rings is 4. The van der Waals surface area contributed by atoms with Crippen LogP contribution in [0, 0.1) is 0 Å². The molecule has 4 aromatic carbocycles. The summed E-state index contributed by atoms with van der Waals surface area (Å²) in [5, 5.41) is 50.2. The third kappa shape index (κ3) is 10.1. The van der Waals surface area contributed by atoms with Crippen molar-refractivity contribution in [2.45, 2.75) is 0 Å². The number of phenols is 2. The fourth-order valence-corrected chi connectivity index (χ4v) is 4.14. The van der Waals surface area contributed by atoms with Gasteiger partial charge in [-0.25, -0.2) is 10.9 Å². The summed E-state index contributed by atoms with van der Waals surface area (Å²) in [6.45, 7) is 0. The van der Waals surface area contributed by atoms with Gasteiger partial charge in [-0.1, -0.05) is 82.2 Å². The second-order valence-corrected chi connectivity index (χ2v) is 9.73. The average Bonchev–Trinajstić information content (AvgIpc) is 2.94. The largest absolute Gasteiger partial charge is 2.00 e. The van der Waals surface area contributed by atoms with E-state index in [1.165, 1.54) is 48.5 Å². The summed E-state index contributed by atoms with van der Waals surface area (Å²) in [5.74, 6) is -2.43. The molecule has 0 aliphatic heterocycles. The van der Waals surface area contributed by atoms with Crippen LogP contribution in [0.2, 0.25) is 20.1 Å². The summed E-state index contributed by atoms with van der Waals surface area (Å²) >= 11 is 22.9. The van der Waals surface area contributed by atoms with E-state index < -0.39 is 23.3 Å². The predicted octanol–water partition coefficient (Wildman–Crippen LogP) is 5.07. The van der Waals surface area contributed by atoms with Crippen LogP contribution in [0.4, 0.5) is 0 Å². The first kappa shape index (κ1) is 35.2. The molecule has 4 N–H and O–H groups in total. The van der Waals surface area contributed by atoms with E-state index in [0.29, 0.717) is 0 Å². The quantitative estimate of drug-likeness (QED) is 0.161. The molecule has 0 atom stereocenters. The number of nitrogens with zero attached hydrogens (tertiary/aromatic N) is 2. The number of phenolic OH excluding ortho intramolecular Hbond substituents is 2. The van der Waals surface area contributed by atoms with Gasteiger partial charge in [0, 0.05) is 20.1 Å². The van der Waals surface area contributed by atoms with E-state index in [1.807, 2.05) is 0 Å². The monoisotopic (exact) mass is 705 g/mol. The van der Waals surface area contributed by atoms with Crippen LogP contribution < -0.4 is 21.1 Å². The topological polar surface area (TPSA) is 169 Å². The molecular formula is C28H18Cl4CoN4O6. The van der Waals surface area contributed by atoms with Gasteiger partial charge in [-0.05, 0) is 59.7 Å². The molecule has 0 fully saturated rings. The number of amides is 2. The van der Waals surface area contributed by atoms with E-state index in [2.05, 4.69) is 21.1 Å². The first-order chi connectivity index (χ1) is 20.0. The third-order valence-corrected chi connectivity index (χ3v) is 6.11. The summed E-state index contributed by atoms with van der Waals surface area (Å²) < 4.78 is 0. The van der Waals surface area contributed by atoms with Crippen LogP contribution in [0.3, 0.4) is 0 Å². The number of hydrazone groups is 2. The van der Waals surface area contributed by atoms with E-state index in [0.717, 1.165) is 12.4 Å². The second-order valence-electron chi connectivity index (χ2n) is 8.04. The molecule has 0 aliphatic rings. The smallest absolute Gasteiger partial charge is 0.871 e. The van der Waals surface area contributed by atoms with Gasteiger partial charge in [-0.15, -0.1) is 0 Å². The van der Waals surface area contributed by atoms with Gasteiger partial charge in [0.1, 0.15) is 11.5 Å². The maximum Gasteiger partial charge on any atom is 2.00 e. The maximum absolute atomic E-state index is 11.8. The minimum atomic E-state index is -0.607. The van der Waals surface area contributed by atoms with Crippen molar-refractivity contribution < 1.29 is 46.8 Å². The van der Waals surface area contributed by atoms with Crippen LogP contribution in [0.25, 0.3) is 0 Å². The van der Waals surface area contributed by atoms with Gasteiger partial charge >= 0.3 is 16.8 Å². The number of hydrogen-bond donors (Lipinski definition) is 4. The number of hydrogen-bond acceptors (Lipinski definition) is 8. The zero-order valence-electron chi connectivity index (χ0n) is 21.3. The Hall–Kier alpha value is -3.97. The fraction of sp³-hybridized carbons (Fsp3) is 0. The zero-order valence-corrected chi connectivity index (χ0v) is 25.4. The Morgan fingerprint density at radius 2 is 1.00 bits per heavy atom. The third-order valence-electron chi connectivity index (χ3n) is 5.11. The number of aromatic hydroxyl groups is 2. The summed E-state index contributed by atoms with van der Waals surface area (Å²) in [6.07, 6.45) is 2.27. The fourth-order valence-electron chi connectivity index (χ4n) is 3.12. The van der Waals surface area contributed by atoms with Gasteiger partial charge in [0.05, 0.1) is 23.6 Å². The summed E-state index contributed by atoms with van der Waals surface area (Å²) in [5.41, 5.74) is 4.83. The molecule has 4 rings (SSSR count). The standard InChI is InChI=1S/2C14H10Cl2N2O3.Co/c2*15-9-5-8(13(20)11(16)6-9)7-17-18-14(21)10-3-1-2-4-12(10)19;/h2*1-7,19-20H,(H,18,21);/q;;+2/p-2/b2*17-7+;. The molecule has 0 bridgehead atoms. The maximum atomic E-state index is 11.8. The molecule has 0 aromatic heterocycles. The molecule has 43 heavy (non-hydrogen) atoms. The van der Waals surface area contributed by atoms with Crippen LogP contribution in [0.1, 0.15) is 31.8 Å². The summed E-state index contributed by atoms with van der Waals surface area (Å²) in [4.78, 5) is 23.5. The Kier molecular flexibility index (Phi) is 13.6. The van der Waals surface area contributed by atoms with Crippen LogP contribution in [-0.4, -0.2) is 34.5 Å². The summed E-state index contributed by atoms with van der Waals surface area (Å²) in [7, 11) is 0. The van der Waals surface area contributed by atoms with E-state index in [-0.39, 0.29) is 70.6 Å². The molecular weight excluding hydrogens is 689 g/mol. The Bertz CT molecular complexity index is 1560. The van der Waals surface area contributed by atoms with E-state index >= 15 is 0 Å². The van der Waals surface area contributed by atoms with E-state index in [9.17, 15) is 30.0 Å². The van der Waals surface area contributed by atoms with Gasteiger partial charge in [-0.2, -0.15) is 10.2 Å². The molecule has 0 aliphatic carbocycles. The number of carbonyl (C=O) groups excluding carboxylic acids is 2. The van der Waals surface area contributed by atoms with Crippen molar-refractivity contribution >= 4 is 70.6 Å². The number of carbonyl (C=O) groups is 2. The number of nitrogens with one attached hydrogen (secondary N) is 2. The number of halogens is 4. The van der Waals surface area contributed by atoms with Crippen LogP contribution in [-0.2, 0) is 16.8 Å². The Balaban J connectivity index is 0.000000293. The SMILES string of the molecule is O=C(N/N=C/c1cc(Cl)cc(Cl)c1[O-])c1ccccc1O.O=C(N/N=C/c1cc(Cl)cc(Cl)c1[O-])c1ccccc1O.[Co+2]. The van der Waals surface area contributed by atoms with Gasteiger partial charge in [-0.3, -0.25) is 9.59 Å². The van der Waals surface area contributed by atoms with Crippen molar-refractivity contribution in [3.8, 4) is 23.0 Å². The molecule has 0 spiro atoms. The van der Waals surface area contributed by atoms with Crippen LogP contribution in [0.15, 0.2) is 83.0 Å². The van der Waals surface area contributed by atoms with Crippen molar-refractivity contribution in [1.82, 2.24) is 10.9 Å². The molecule has 0 heterocycles. The molecule has 15 heteroatoms. The minimum absolute atomic E-state index is 0. The minimum Gasteiger partial charge on any atom is -0.871 e. The predicted molar refractivity (Wildman–Crippen MR) is 158 cm³/mol. The summed E-state index contributed by atoms with van der Waals surface area (Å²) in [6, 6.07) is 17.4. The van der Waals surface area contributed by atoms with E-state index in [4.69, 9.17) is 46.4 Å². The molecule has 1 radical (unpaired) electrons. The normalized spacial score (nSPS) is 10.5. The second kappa shape index (κ2) is 16.6. The number of rotatable bonds is 6. The molecule has 2 amide bonds. The molecule has 0 saturated heterocycles. The Morgan fingerprint density at radius 1 is 0.651 bits per heavy atom. The van der Waals surface area contributed by atoms with Crippen molar-refractivity contribution in [3.05, 3.63) is 115 Å². The van der Waals surface area contributed by atoms with Gasteiger partial charge in [0.25, 0.3) is 11.8 Å². The first-order valence-electron chi connectivity index (χ1n) is 11.5. The molecule has 0 saturated carbocycles. The molecule has 4 aromatic rings. The Morgan fingerprint density at radius 3 is 1.35 bits per heavy atom. The first-order valence-corrected chi connectivity index (χ1v) is 13.0. The molecule has 0 unspecified atom stereocenters. The average molecular weight is 707 g/mol. The zero-order chi connectivity index (χ0) is 30.8. The van der Waals surface area contributed by atoms with Crippen molar-refractivity contribution in [2.75, 3.05) is 0 Å². The Labute approximate surface area is 275 Å². The van der Waals surface area contributed by atoms with Gasteiger partial charge in [0.15, 0.2) is 0 Å². The van der Waals surface area contributed by atoms with Crippen molar-refractivity contribution in [1.29, 1.82) is 0 Å². The van der Waals surface area contributed by atoms with Gasteiger partial charge < -0.3 is 20.4 Å². The van der Waals surface area contributed by atoms with Crippen LogP contribution >= 0.6 is 46.4 Å². The molecule has 10 nitrogen and oxygen atoms in total. The van der Waals surface area contributed by atoms with Gasteiger partial charge in [0.2, 0.25) is 0 Å². The molecule has 223 valence electrons. The van der Waals surface area contributed by atoms with Crippen molar-refractivity contribution in [3.63, 3.8) is 0 Å². The van der Waals surface area contributed by atoms with Crippen molar-refractivity contribution in [2.24, 2.45) is 10.2 Å². The van der Waals surface area contributed by atoms with Crippen LogP contribution in [0.5, 0.6) is 23.0 Å². The van der Waals surface area contributed by atoms with E-state index in [1.54, 1.807) is 24.3 Å².